The van der Waals surface area contributed by atoms with Gasteiger partial charge in [-0.15, -0.1) is 0 Å². The lowest BCUT2D eigenvalue weighted by atomic mass is 9.97. The number of carbonyl (C=O) groups excluding carboxylic acids is 2. The minimum absolute atomic E-state index is 0.00880. The second-order valence-corrected chi connectivity index (χ2v) is 7.94. The Labute approximate surface area is 192 Å². The van der Waals surface area contributed by atoms with E-state index in [-0.39, 0.29) is 11.6 Å². The lowest BCUT2D eigenvalue weighted by Gasteiger charge is -2.13. The Hall–Kier alpha value is -3.88. The highest BCUT2D eigenvalue weighted by molar-refractivity contribution is 6.08. The molecule has 3 aromatic rings. The van der Waals surface area contributed by atoms with E-state index in [0.717, 1.165) is 35.4 Å². The van der Waals surface area contributed by atoms with E-state index in [4.69, 9.17) is 0 Å². The second kappa shape index (κ2) is 9.17. The molecule has 0 aromatic heterocycles. The van der Waals surface area contributed by atoms with Crippen LogP contribution in [0.15, 0.2) is 60.7 Å². The van der Waals surface area contributed by atoms with Gasteiger partial charge in [-0.2, -0.15) is 13.2 Å². The first-order valence-electron chi connectivity index (χ1n) is 10.4. The number of ether oxygens (including phenoxy) is 1. The van der Waals surface area contributed by atoms with Gasteiger partial charge in [0.05, 0.1) is 18.2 Å². The lowest BCUT2D eigenvalue weighted by molar-refractivity contribution is -0.137. The van der Waals surface area contributed by atoms with Gasteiger partial charge in [-0.05, 0) is 71.5 Å². The molecule has 0 radical (unpaired) electrons. The summed E-state index contributed by atoms with van der Waals surface area (Å²) < 4.78 is 57.2. The van der Waals surface area contributed by atoms with Crippen molar-refractivity contribution in [2.75, 3.05) is 12.4 Å². The number of carbonyl (C=O) groups is 2. The monoisotopic (exact) mass is 472 g/mol. The normalized spacial score (nSPS) is 14.9. The van der Waals surface area contributed by atoms with Crippen LogP contribution < -0.4 is 10.6 Å². The number of alkyl halides is 3. The molecule has 1 aliphatic rings. The Kier molecular flexibility index (Phi) is 6.28. The maximum atomic E-state index is 14.0. The number of anilines is 1. The molecule has 2 amide bonds. The third kappa shape index (κ3) is 5.03. The van der Waals surface area contributed by atoms with E-state index in [2.05, 4.69) is 15.4 Å². The predicted octanol–water partition coefficient (Wildman–Crippen LogP) is 5.59. The summed E-state index contributed by atoms with van der Waals surface area (Å²) in [6.45, 7) is 0. The topological polar surface area (TPSA) is 67.4 Å². The number of benzene rings is 3. The maximum absolute atomic E-state index is 14.0. The number of nitrogens with one attached hydrogen (secondary N) is 2. The molecular formula is C25H20F4N2O3. The van der Waals surface area contributed by atoms with E-state index in [1.54, 1.807) is 12.1 Å². The van der Waals surface area contributed by atoms with Crippen LogP contribution in [0.2, 0.25) is 0 Å². The van der Waals surface area contributed by atoms with E-state index < -0.39 is 29.6 Å². The minimum atomic E-state index is -4.49. The van der Waals surface area contributed by atoms with Gasteiger partial charge in [0.1, 0.15) is 5.82 Å². The summed E-state index contributed by atoms with van der Waals surface area (Å²) in [5, 5.41) is 5.48. The van der Waals surface area contributed by atoms with Gasteiger partial charge in [-0.1, -0.05) is 24.3 Å². The number of rotatable bonds is 4. The van der Waals surface area contributed by atoms with Gasteiger partial charge >= 0.3 is 12.3 Å². The molecule has 2 N–H and O–H groups in total. The van der Waals surface area contributed by atoms with Crippen LogP contribution in [0.25, 0.3) is 11.1 Å². The van der Waals surface area contributed by atoms with E-state index in [1.807, 2.05) is 6.07 Å². The molecule has 3 aromatic carbocycles. The maximum Gasteiger partial charge on any atom is 0.416 e. The van der Waals surface area contributed by atoms with Crippen molar-refractivity contribution in [3.8, 4) is 11.1 Å². The van der Waals surface area contributed by atoms with Gasteiger partial charge in [0.15, 0.2) is 0 Å². The second-order valence-electron chi connectivity index (χ2n) is 7.94. The van der Waals surface area contributed by atoms with Gasteiger partial charge in [0, 0.05) is 11.7 Å². The molecule has 0 heterocycles. The van der Waals surface area contributed by atoms with Crippen LogP contribution in [0.1, 0.15) is 27.0 Å². The van der Waals surface area contributed by atoms with Gasteiger partial charge in [-0.25, -0.2) is 9.18 Å². The van der Waals surface area contributed by atoms with Crippen LogP contribution in [-0.4, -0.2) is 25.2 Å². The fourth-order valence-corrected chi connectivity index (χ4v) is 4.02. The Bertz CT molecular complexity index is 1240. The molecule has 0 spiro atoms. The zero-order chi connectivity index (χ0) is 24.5. The summed E-state index contributed by atoms with van der Waals surface area (Å²) in [6, 6.07) is 13.1. The molecular weight excluding hydrogens is 452 g/mol. The first-order chi connectivity index (χ1) is 16.1. The zero-order valence-electron chi connectivity index (χ0n) is 18.0. The van der Waals surface area contributed by atoms with Crippen molar-refractivity contribution in [3.63, 3.8) is 0 Å². The summed E-state index contributed by atoms with van der Waals surface area (Å²) in [7, 11) is 1.29. The number of fused-ring (bicyclic) bond motifs is 1. The summed E-state index contributed by atoms with van der Waals surface area (Å²) in [5.74, 6) is -1.25. The first-order valence-corrected chi connectivity index (χ1v) is 10.4. The number of halogens is 4. The molecule has 0 unspecified atom stereocenters. The molecule has 0 saturated carbocycles. The average molecular weight is 472 g/mol. The standard InChI is InChI=1S/C25H20F4N2O3/c1-34-24(33)31-20-10-15-4-8-19(11-16(15)12-20)30-23(32)22-13-18(26)7-9-21(22)14-2-5-17(6-3-14)25(27,28)29/h2-9,11,13,20H,10,12H2,1H3,(H,30,32)(H,31,33)/t20-/m1/s1. The highest BCUT2D eigenvalue weighted by atomic mass is 19.4. The quantitative estimate of drug-likeness (QED) is 0.487. The molecule has 1 aliphatic carbocycles. The van der Waals surface area contributed by atoms with Crippen LogP contribution in [0.3, 0.4) is 0 Å². The van der Waals surface area contributed by atoms with Gasteiger partial charge in [-0.3, -0.25) is 4.79 Å². The molecule has 176 valence electrons. The van der Waals surface area contributed by atoms with Gasteiger partial charge in [0.2, 0.25) is 0 Å². The zero-order valence-corrected chi connectivity index (χ0v) is 18.0. The Morgan fingerprint density at radius 3 is 2.32 bits per heavy atom. The van der Waals surface area contributed by atoms with E-state index in [1.165, 1.54) is 25.3 Å². The van der Waals surface area contributed by atoms with Crippen LogP contribution in [0.5, 0.6) is 0 Å². The van der Waals surface area contributed by atoms with Gasteiger partial charge in [0.25, 0.3) is 5.91 Å². The highest BCUT2D eigenvalue weighted by Gasteiger charge is 2.30. The number of amides is 2. The van der Waals surface area contributed by atoms with Crippen molar-refractivity contribution in [3.05, 3.63) is 88.7 Å². The largest absolute Gasteiger partial charge is 0.453 e. The molecule has 34 heavy (non-hydrogen) atoms. The average Bonchev–Trinajstić information content (AvgIpc) is 3.19. The third-order valence-corrected chi connectivity index (χ3v) is 5.65. The van der Waals surface area contributed by atoms with Crippen molar-refractivity contribution in [1.82, 2.24) is 5.32 Å². The van der Waals surface area contributed by atoms with Crippen molar-refractivity contribution >= 4 is 17.7 Å². The smallest absolute Gasteiger partial charge is 0.416 e. The van der Waals surface area contributed by atoms with Crippen molar-refractivity contribution in [2.45, 2.75) is 25.1 Å². The molecule has 0 aliphatic heterocycles. The van der Waals surface area contributed by atoms with E-state index >= 15 is 0 Å². The summed E-state index contributed by atoms with van der Waals surface area (Å²) >= 11 is 0. The number of methoxy groups -OCH3 is 1. The minimum Gasteiger partial charge on any atom is -0.453 e. The SMILES string of the molecule is COC(=O)N[C@@H]1Cc2ccc(NC(=O)c3cc(F)ccc3-c3ccc(C(F)(F)F)cc3)cc2C1. The number of hydrogen-bond donors (Lipinski definition) is 2. The molecule has 5 nitrogen and oxygen atoms in total. The molecule has 0 saturated heterocycles. The number of alkyl carbamates (subject to hydrolysis) is 1. The van der Waals surface area contributed by atoms with Crippen molar-refractivity contribution in [1.29, 1.82) is 0 Å². The molecule has 1 atom stereocenters. The highest BCUT2D eigenvalue weighted by Crippen LogP contribution is 2.32. The summed E-state index contributed by atoms with van der Waals surface area (Å²) in [4.78, 5) is 24.5. The first kappa shape index (κ1) is 23.3. The Balaban J connectivity index is 1.55. The van der Waals surface area contributed by atoms with Crippen LogP contribution in [-0.2, 0) is 23.8 Å². The Morgan fingerprint density at radius 1 is 0.941 bits per heavy atom. The van der Waals surface area contributed by atoms with Crippen LogP contribution >= 0.6 is 0 Å². The van der Waals surface area contributed by atoms with E-state index in [9.17, 15) is 27.2 Å². The number of hydrogen-bond acceptors (Lipinski definition) is 3. The molecule has 0 bridgehead atoms. The fraction of sp³-hybridized carbons (Fsp3) is 0.200. The van der Waals surface area contributed by atoms with E-state index in [0.29, 0.717) is 29.7 Å². The lowest BCUT2D eigenvalue weighted by Crippen LogP contribution is -2.35. The summed E-state index contributed by atoms with van der Waals surface area (Å²) in [5.41, 5.74) is 2.27. The van der Waals surface area contributed by atoms with Crippen LogP contribution in [0.4, 0.5) is 28.0 Å². The molecule has 0 fully saturated rings. The van der Waals surface area contributed by atoms with Crippen molar-refractivity contribution in [2.24, 2.45) is 0 Å². The molecule has 9 heteroatoms. The predicted molar refractivity (Wildman–Crippen MR) is 118 cm³/mol. The Morgan fingerprint density at radius 2 is 1.65 bits per heavy atom. The van der Waals surface area contributed by atoms with Crippen molar-refractivity contribution < 1.29 is 31.9 Å². The third-order valence-electron chi connectivity index (χ3n) is 5.65. The summed E-state index contributed by atoms with van der Waals surface area (Å²) in [6.07, 6.45) is -3.82. The van der Waals surface area contributed by atoms with Gasteiger partial charge < -0.3 is 15.4 Å². The fourth-order valence-electron chi connectivity index (χ4n) is 4.02. The molecule has 4 rings (SSSR count). The van der Waals surface area contributed by atoms with Crippen LogP contribution in [0, 0.1) is 5.82 Å².